The van der Waals surface area contributed by atoms with Crippen LogP contribution in [0.5, 0.6) is 0 Å². The van der Waals surface area contributed by atoms with Crippen molar-refractivity contribution in [1.82, 2.24) is 0 Å². The van der Waals surface area contributed by atoms with Gasteiger partial charge < -0.3 is 4.74 Å². The number of unbranched alkanes of at least 4 members (excludes halogenated alkanes) is 22. The van der Waals surface area contributed by atoms with Crippen LogP contribution in [0.3, 0.4) is 0 Å². The number of hydrogen-bond acceptors (Lipinski definition) is 3. The molecule has 1 unspecified atom stereocenters. The van der Waals surface area contributed by atoms with E-state index in [0.717, 1.165) is 25.7 Å². The summed E-state index contributed by atoms with van der Waals surface area (Å²) in [6, 6.07) is 0. The Kier molecular flexibility index (Phi) is 27.0. The normalized spacial score (nSPS) is 12.1. The van der Waals surface area contributed by atoms with Gasteiger partial charge in [-0.2, -0.15) is 0 Å². The van der Waals surface area contributed by atoms with Crippen molar-refractivity contribution in [3.8, 4) is 0 Å². The number of Topliss-reactive ketones (excluding diaryl/α,β-unsaturated/α-hetero) is 1. The zero-order chi connectivity index (χ0) is 25.8. The fraction of sp³-hybridized carbons (Fsp3) is 0.938. The number of hydrogen-bond donors (Lipinski definition) is 0. The molecule has 1 atom stereocenters. The largest absolute Gasteiger partial charge is 0.465 e. The Morgan fingerprint density at radius 2 is 0.800 bits per heavy atom. The Morgan fingerprint density at radius 3 is 1.14 bits per heavy atom. The number of rotatable bonds is 28. The highest BCUT2D eigenvalue weighted by molar-refractivity contribution is 5.97. The lowest BCUT2D eigenvalue weighted by molar-refractivity contribution is -0.152. The summed E-state index contributed by atoms with van der Waals surface area (Å²) >= 11 is 0. The average Bonchev–Trinajstić information content (AvgIpc) is 2.84. The molecule has 0 aliphatic heterocycles. The van der Waals surface area contributed by atoms with Gasteiger partial charge in [-0.25, -0.2) is 0 Å². The zero-order valence-electron chi connectivity index (χ0n) is 24.2. The van der Waals surface area contributed by atoms with Crippen LogP contribution in [-0.2, 0) is 14.3 Å². The third-order valence-electron chi connectivity index (χ3n) is 7.36. The predicted molar refractivity (Wildman–Crippen MR) is 152 cm³/mol. The monoisotopic (exact) mass is 494 g/mol. The molecule has 3 heteroatoms. The van der Waals surface area contributed by atoms with Crippen molar-refractivity contribution in [2.45, 2.75) is 181 Å². The van der Waals surface area contributed by atoms with Crippen LogP contribution in [0.4, 0.5) is 0 Å². The smallest absolute Gasteiger partial charge is 0.316 e. The van der Waals surface area contributed by atoms with E-state index in [1.54, 1.807) is 0 Å². The van der Waals surface area contributed by atoms with E-state index in [4.69, 9.17) is 4.74 Å². The van der Waals surface area contributed by atoms with E-state index in [-0.39, 0.29) is 11.8 Å². The number of carbonyl (C=O) groups is 2. The fourth-order valence-corrected chi connectivity index (χ4v) is 4.89. The summed E-state index contributed by atoms with van der Waals surface area (Å²) in [5.41, 5.74) is 0. The van der Waals surface area contributed by atoms with Gasteiger partial charge in [-0.15, -0.1) is 0 Å². The van der Waals surface area contributed by atoms with Crippen molar-refractivity contribution in [2.75, 3.05) is 6.61 Å². The lowest BCUT2D eigenvalue weighted by Gasteiger charge is -2.13. The van der Waals surface area contributed by atoms with Crippen LogP contribution < -0.4 is 0 Å². The SMILES string of the molecule is CCCCCCCCCCCCCCCCOC(=O)C(CCCCCCCCCCCC)C(C)=O. The standard InChI is InChI=1S/C32H62O3/c1-4-6-8-10-12-14-16-17-18-19-21-23-25-27-29-35-32(34)31(30(3)33)28-26-24-22-20-15-13-11-9-7-5-2/h31H,4-29H2,1-3H3. The summed E-state index contributed by atoms with van der Waals surface area (Å²) in [5.74, 6) is -0.870. The maximum atomic E-state index is 12.4. The van der Waals surface area contributed by atoms with Gasteiger partial charge in [0.1, 0.15) is 11.7 Å². The Hall–Kier alpha value is -0.860. The van der Waals surface area contributed by atoms with Crippen LogP contribution in [0.2, 0.25) is 0 Å². The van der Waals surface area contributed by atoms with Crippen LogP contribution in [0.1, 0.15) is 181 Å². The Labute approximate surface area is 219 Å². The number of ketones is 1. The zero-order valence-corrected chi connectivity index (χ0v) is 24.2. The lowest BCUT2D eigenvalue weighted by Crippen LogP contribution is -2.24. The molecule has 0 aromatic carbocycles. The van der Waals surface area contributed by atoms with Gasteiger partial charge in [0.2, 0.25) is 0 Å². The van der Waals surface area contributed by atoms with Gasteiger partial charge in [0, 0.05) is 0 Å². The fourth-order valence-electron chi connectivity index (χ4n) is 4.89. The van der Waals surface area contributed by atoms with Crippen LogP contribution in [0.15, 0.2) is 0 Å². The van der Waals surface area contributed by atoms with Gasteiger partial charge in [-0.05, 0) is 19.8 Å². The van der Waals surface area contributed by atoms with Crippen LogP contribution in [0, 0.1) is 5.92 Å². The van der Waals surface area contributed by atoms with E-state index in [0.29, 0.717) is 13.0 Å². The van der Waals surface area contributed by atoms with Crippen molar-refractivity contribution in [2.24, 2.45) is 5.92 Å². The third-order valence-corrected chi connectivity index (χ3v) is 7.36. The van der Waals surface area contributed by atoms with Gasteiger partial charge in [-0.3, -0.25) is 9.59 Å². The second-order valence-electron chi connectivity index (χ2n) is 10.9. The molecule has 3 nitrogen and oxygen atoms in total. The van der Waals surface area contributed by atoms with E-state index < -0.39 is 5.92 Å². The summed E-state index contributed by atoms with van der Waals surface area (Å²) in [6.45, 7) is 6.54. The highest BCUT2D eigenvalue weighted by Crippen LogP contribution is 2.17. The molecule has 0 amide bonds. The van der Waals surface area contributed by atoms with Crippen molar-refractivity contribution in [1.29, 1.82) is 0 Å². The second kappa shape index (κ2) is 27.7. The highest BCUT2D eigenvalue weighted by atomic mass is 16.5. The molecule has 0 N–H and O–H groups in total. The Bertz CT molecular complexity index is 460. The molecule has 0 saturated heterocycles. The molecule has 0 aliphatic carbocycles. The Morgan fingerprint density at radius 1 is 0.486 bits per heavy atom. The van der Waals surface area contributed by atoms with Gasteiger partial charge in [-0.1, -0.05) is 162 Å². The first-order chi connectivity index (χ1) is 17.1. The summed E-state index contributed by atoms with van der Waals surface area (Å²) in [6.07, 6.45) is 31.7. The minimum atomic E-state index is -0.546. The highest BCUT2D eigenvalue weighted by Gasteiger charge is 2.24. The van der Waals surface area contributed by atoms with Gasteiger partial charge in [0.05, 0.1) is 6.61 Å². The maximum Gasteiger partial charge on any atom is 0.316 e. The average molecular weight is 495 g/mol. The molecular weight excluding hydrogens is 432 g/mol. The van der Waals surface area contributed by atoms with Gasteiger partial charge in [0.25, 0.3) is 0 Å². The molecule has 0 fully saturated rings. The molecule has 0 radical (unpaired) electrons. The molecule has 0 rings (SSSR count). The first kappa shape index (κ1) is 34.1. The molecule has 35 heavy (non-hydrogen) atoms. The maximum absolute atomic E-state index is 12.4. The van der Waals surface area contributed by atoms with E-state index >= 15 is 0 Å². The van der Waals surface area contributed by atoms with E-state index in [1.807, 2.05) is 0 Å². The number of carbonyl (C=O) groups excluding carboxylic acids is 2. The topological polar surface area (TPSA) is 43.4 Å². The Balaban J connectivity index is 3.55. The lowest BCUT2D eigenvalue weighted by atomic mass is 9.97. The molecule has 0 aromatic rings. The molecule has 0 bridgehead atoms. The van der Waals surface area contributed by atoms with E-state index in [1.165, 1.54) is 135 Å². The number of esters is 1. The summed E-state index contributed by atoms with van der Waals surface area (Å²) in [7, 11) is 0. The minimum absolute atomic E-state index is 0.0353. The summed E-state index contributed by atoms with van der Waals surface area (Å²) < 4.78 is 5.46. The van der Waals surface area contributed by atoms with Crippen molar-refractivity contribution in [3.63, 3.8) is 0 Å². The molecule has 0 heterocycles. The van der Waals surface area contributed by atoms with E-state index in [9.17, 15) is 9.59 Å². The quantitative estimate of drug-likeness (QED) is 0.0617. The molecule has 0 aliphatic rings. The second-order valence-corrected chi connectivity index (χ2v) is 10.9. The van der Waals surface area contributed by atoms with Gasteiger partial charge in [0.15, 0.2) is 0 Å². The van der Waals surface area contributed by atoms with Crippen molar-refractivity contribution >= 4 is 11.8 Å². The summed E-state index contributed by atoms with van der Waals surface area (Å²) in [4.78, 5) is 24.3. The first-order valence-corrected chi connectivity index (χ1v) is 15.8. The first-order valence-electron chi connectivity index (χ1n) is 15.8. The number of ether oxygens (including phenoxy) is 1. The summed E-state index contributed by atoms with van der Waals surface area (Å²) in [5, 5.41) is 0. The van der Waals surface area contributed by atoms with Gasteiger partial charge >= 0.3 is 5.97 Å². The molecule has 0 spiro atoms. The van der Waals surface area contributed by atoms with Crippen molar-refractivity contribution in [3.05, 3.63) is 0 Å². The van der Waals surface area contributed by atoms with Crippen molar-refractivity contribution < 1.29 is 14.3 Å². The molecular formula is C32H62O3. The molecule has 0 saturated carbocycles. The van der Waals surface area contributed by atoms with E-state index in [2.05, 4.69) is 13.8 Å². The van der Waals surface area contributed by atoms with Crippen LogP contribution in [0.25, 0.3) is 0 Å². The molecule has 208 valence electrons. The predicted octanol–water partition coefficient (Wildman–Crippen LogP) is 10.5. The third kappa shape index (κ3) is 24.6. The van der Waals surface area contributed by atoms with Crippen LogP contribution in [-0.4, -0.2) is 18.4 Å². The molecule has 0 aromatic heterocycles. The van der Waals surface area contributed by atoms with Crippen LogP contribution >= 0.6 is 0 Å². The minimum Gasteiger partial charge on any atom is -0.465 e.